The van der Waals surface area contributed by atoms with Crippen molar-refractivity contribution in [3.63, 3.8) is 0 Å². The average molecular weight is 539 g/mol. The minimum Gasteiger partial charge on any atom is -0.494 e. The van der Waals surface area contributed by atoms with Gasteiger partial charge in [0.15, 0.2) is 23.8 Å². The van der Waals surface area contributed by atoms with Gasteiger partial charge in [0, 0.05) is 23.9 Å². The fourth-order valence-electron chi connectivity index (χ4n) is 4.85. The number of nitrogens with zero attached hydrogens (tertiary/aromatic N) is 2. The third-order valence-corrected chi connectivity index (χ3v) is 6.56. The predicted octanol–water partition coefficient (Wildman–Crippen LogP) is 4.52. The van der Waals surface area contributed by atoms with Crippen LogP contribution in [0, 0.1) is 6.92 Å². The number of ether oxygens (including phenoxy) is 5. The largest absolute Gasteiger partial charge is 0.494 e. The van der Waals surface area contributed by atoms with Crippen LogP contribution in [0.1, 0.15) is 42.3 Å². The van der Waals surface area contributed by atoms with Crippen LogP contribution in [-0.2, 0) is 27.4 Å². The molecular formula is C29H34N2O8. The van der Waals surface area contributed by atoms with Gasteiger partial charge in [0.1, 0.15) is 18.0 Å². The van der Waals surface area contributed by atoms with E-state index in [2.05, 4.69) is 0 Å². The standard InChI is InChI=1S/C29H34N2O8/c1-17-24(35-5)23-21(26(25(17)36-6)38-16-18-11-9-8-10-12-18)19(15-32)13-30(23)14-20-22(27(33)37-7)31(20)28(34)39-29(2,3)4/h8-13,15,20,22H,14,16H2,1-7H3/t20-,22+,31?/m0/s1. The minimum absolute atomic E-state index is 0.184. The van der Waals surface area contributed by atoms with E-state index in [1.807, 2.05) is 37.3 Å². The van der Waals surface area contributed by atoms with Crippen LogP contribution < -0.4 is 14.2 Å². The zero-order valence-corrected chi connectivity index (χ0v) is 23.3. The molecule has 1 aromatic heterocycles. The maximum absolute atomic E-state index is 12.9. The highest BCUT2D eigenvalue weighted by molar-refractivity contribution is 6.06. The first kappa shape index (κ1) is 27.8. The molecule has 1 fully saturated rings. The lowest BCUT2D eigenvalue weighted by Gasteiger charge is -2.20. The van der Waals surface area contributed by atoms with Crippen molar-refractivity contribution in [2.45, 2.75) is 58.5 Å². The smallest absolute Gasteiger partial charge is 0.411 e. The van der Waals surface area contributed by atoms with Gasteiger partial charge >= 0.3 is 12.1 Å². The Labute approximate surface area is 227 Å². The second kappa shape index (κ2) is 10.9. The van der Waals surface area contributed by atoms with Crippen LogP contribution in [0.4, 0.5) is 4.79 Å². The molecule has 3 aromatic rings. The number of hydrogen-bond donors (Lipinski definition) is 0. The van der Waals surface area contributed by atoms with Gasteiger partial charge in [0.2, 0.25) is 0 Å². The van der Waals surface area contributed by atoms with Crippen molar-refractivity contribution in [1.29, 1.82) is 0 Å². The monoisotopic (exact) mass is 538 g/mol. The number of hydrogen-bond acceptors (Lipinski definition) is 8. The third-order valence-electron chi connectivity index (χ3n) is 6.56. The Hall–Kier alpha value is -4.21. The summed E-state index contributed by atoms with van der Waals surface area (Å²) < 4.78 is 30.0. The summed E-state index contributed by atoms with van der Waals surface area (Å²) in [6, 6.07) is 8.27. The molecule has 0 saturated carbocycles. The lowest BCUT2D eigenvalue weighted by molar-refractivity contribution is -0.141. The van der Waals surface area contributed by atoms with Gasteiger partial charge in [-0.3, -0.25) is 9.69 Å². The summed E-state index contributed by atoms with van der Waals surface area (Å²) in [5.41, 5.74) is 1.82. The highest BCUT2D eigenvalue weighted by Crippen LogP contribution is 2.48. The molecule has 2 aromatic carbocycles. The van der Waals surface area contributed by atoms with Crippen LogP contribution in [0.3, 0.4) is 0 Å². The van der Waals surface area contributed by atoms with E-state index in [4.69, 9.17) is 23.7 Å². The molecule has 10 heteroatoms. The maximum Gasteiger partial charge on any atom is 0.411 e. The molecule has 208 valence electrons. The molecule has 0 bridgehead atoms. The molecule has 1 saturated heterocycles. The number of methoxy groups -OCH3 is 3. The van der Waals surface area contributed by atoms with Gasteiger partial charge in [-0.25, -0.2) is 9.59 Å². The molecule has 2 atom stereocenters. The number of amides is 1. The first-order valence-corrected chi connectivity index (χ1v) is 12.5. The average Bonchev–Trinajstić information content (AvgIpc) is 3.51. The summed E-state index contributed by atoms with van der Waals surface area (Å²) in [4.78, 5) is 39.0. The minimum atomic E-state index is -0.818. The van der Waals surface area contributed by atoms with Crippen LogP contribution in [0.15, 0.2) is 36.5 Å². The Bertz CT molecular complexity index is 1390. The van der Waals surface area contributed by atoms with Crippen molar-refractivity contribution in [3.05, 3.63) is 53.2 Å². The van der Waals surface area contributed by atoms with Crippen molar-refractivity contribution in [2.75, 3.05) is 21.3 Å². The van der Waals surface area contributed by atoms with Crippen molar-refractivity contribution in [1.82, 2.24) is 9.47 Å². The molecule has 1 aliphatic rings. The number of esters is 1. The second-order valence-corrected chi connectivity index (χ2v) is 10.3. The van der Waals surface area contributed by atoms with E-state index in [9.17, 15) is 14.4 Å². The Kier molecular flexibility index (Phi) is 7.76. The first-order valence-electron chi connectivity index (χ1n) is 12.5. The summed E-state index contributed by atoms with van der Waals surface area (Å²) in [5.74, 6) is 0.793. The van der Waals surface area contributed by atoms with E-state index in [0.29, 0.717) is 39.3 Å². The lowest BCUT2D eigenvalue weighted by atomic mass is 10.1. The fourth-order valence-corrected chi connectivity index (χ4v) is 4.85. The fraction of sp³-hybridized carbons (Fsp3) is 0.414. The molecule has 0 radical (unpaired) electrons. The van der Waals surface area contributed by atoms with Gasteiger partial charge in [-0.15, -0.1) is 0 Å². The summed E-state index contributed by atoms with van der Waals surface area (Å²) in [5, 5.41) is 0.513. The number of carbonyl (C=O) groups is 3. The molecule has 0 aliphatic carbocycles. The highest BCUT2D eigenvalue weighted by Gasteiger charge is 2.58. The number of fused-ring (bicyclic) bond motifs is 1. The summed E-state index contributed by atoms with van der Waals surface area (Å²) >= 11 is 0. The van der Waals surface area contributed by atoms with Crippen molar-refractivity contribution >= 4 is 29.3 Å². The van der Waals surface area contributed by atoms with Crippen LogP contribution in [-0.4, -0.2) is 66.8 Å². The molecule has 0 unspecified atom stereocenters. The maximum atomic E-state index is 12.9. The Balaban J connectivity index is 1.80. The Morgan fingerprint density at radius 1 is 1.00 bits per heavy atom. The van der Waals surface area contributed by atoms with E-state index < -0.39 is 29.7 Å². The van der Waals surface area contributed by atoms with Gasteiger partial charge < -0.3 is 28.3 Å². The van der Waals surface area contributed by atoms with Crippen molar-refractivity contribution < 1.29 is 38.1 Å². The Morgan fingerprint density at radius 2 is 1.67 bits per heavy atom. The molecule has 10 nitrogen and oxygen atoms in total. The van der Waals surface area contributed by atoms with Gasteiger partial charge in [-0.1, -0.05) is 30.3 Å². The number of carbonyl (C=O) groups excluding carboxylic acids is 3. The van der Waals surface area contributed by atoms with Crippen molar-refractivity contribution in [3.8, 4) is 17.2 Å². The summed E-state index contributed by atoms with van der Waals surface area (Å²) in [6.45, 7) is 7.54. The molecule has 0 spiro atoms. The predicted molar refractivity (Wildman–Crippen MR) is 144 cm³/mol. The van der Waals surface area contributed by atoms with Crippen LogP contribution >= 0.6 is 0 Å². The van der Waals surface area contributed by atoms with Gasteiger partial charge in [0.25, 0.3) is 0 Å². The first-order chi connectivity index (χ1) is 18.6. The van der Waals surface area contributed by atoms with E-state index in [0.717, 1.165) is 11.8 Å². The van der Waals surface area contributed by atoms with Crippen LogP contribution in [0.5, 0.6) is 17.2 Å². The van der Waals surface area contributed by atoms with Crippen molar-refractivity contribution in [2.24, 2.45) is 0 Å². The second-order valence-electron chi connectivity index (χ2n) is 10.3. The van der Waals surface area contributed by atoms with E-state index in [-0.39, 0.29) is 13.2 Å². The number of aromatic nitrogens is 1. The molecular weight excluding hydrogens is 504 g/mol. The lowest BCUT2D eigenvalue weighted by Crippen LogP contribution is -2.29. The summed E-state index contributed by atoms with van der Waals surface area (Å²) in [7, 11) is 4.34. The van der Waals surface area contributed by atoms with E-state index >= 15 is 0 Å². The molecule has 4 rings (SSSR count). The quantitative estimate of drug-likeness (QED) is 0.223. The van der Waals surface area contributed by atoms with Gasteiger partial charge in [-0.05, 0) is 33.3 Å². The molecule has 2 heterocycles. The molecule has 39 heavy (non-hydrogen) atoms. The molecule has 0 N–H and O–H groups in total. The SMILES string of the molecule is COC(=O)[C@H]1[C@H](Cn2cc(C=O)c3c(OCc4ccccc4)c(OC)c(C)c(OC)c32)N1C(=O)OC(C)(C)C. The van der Waals surface area contributed by atoms with Crippen LogP contribution in [0.25, 0.3) is 10.9 Å². The number of aldehydes is 1. The summed E-state index contributed by atoms with van der Waals surface area (Å²) in [6.07, 6.45) is 1.78. The number of rotatable bonds is 9. The van der Waals surface area contributed by atoms with Crippen LogP contribution in [0.2, 0.25) is 0 Å². The number of benzene rings is 2. The molecule has 1 amide bonds. The molecule has 1 aliphatic heterocycles. The highest BCUT2D eigenvalue weighted by atomic mass is 16.6. The third kappa shape index (κ3) is 5.36. The van der Waals surface area contributed by atoms with Gasteiger partial charge in [-0.2, -0.15) is 0 Å². The van der Waals surface area contributed by atoms with E-state index in [1.54, 1.807) is 31.5 Å². The van der Waals surface area contributed by atoms with E-state index in [1.165, 1.54) is 26.2 Å². The normalized spacial score (nSPS) is 16.5. The zero-order valence-electron chi connectivity index (χ0n) is 23.3. The Morgan fingerprint density at radius 3 is 2.23 bits per heavy atom. The van der Waals surface area contributed by atoms with Gasteiger partial charge in [0.05, 0.1) is 38.3 Å². The topological polar surface area (TPSA) is 105 Å². The zero-order chi connectivity index (χ0) is 28.5.